The number of rotatable bonds is 3. The van der Waals surface area contributed by atoms with Gasteiger partial charge in [0.1, 0.15) is 12.1 Å². The van der Waals surface area contributed by atoms with Gasteiger partial charge in [-0.3, -0.25) is 4.79 Å². The molecular formula is C8H17NO2. The van der Waals surface area contributed by atoms with Crippen molar-refractivity contribution in [3.8, 4) is 0 Å². The Balaban J connectivity index is 3.76. The largest absolute Gasteiger partial charge is 0.461 e. The normalized spacial score (nSPS) is 16.2. The molecule has 0 aliphatic heterocycles. The summed E-state index contributed by atoms with van der Waals surface area (Å²) in [5.41, 5.74) is 5.31. The van der Waals surface area contributed by atoms with Gasteiger partial charge < -0.3 is 10.5 Å². The maximum Gasteiger partial charge on any atom is 0.322 e. The second-order valence-corrected chi connectivity index (χ2v) is 3.17. The molecule has 2 atom stereocenters. The fraction of sp³-hybridized carbons (Fsp3) is 0.875. The quantitative estimate of drug-likeness (QED) is 0.623. The second-order valence-electron chi connectivity index (χ2n) is 3.17. The summed E-state index contributed by atoms with van der Waals surface area (Å²) >= 11 is 0. The monoisotopic (exact) mass is 159 g/mol. The van der Waals surface area contributed by atoms with Crippen molar-refractivity contribution in [3.63, 3.8) is 0 Å². The molecule has 3 nitrogen and oxygen atoms in total. The minimum atomic E-state index is -0.517. The van der Waals surface area contributed by atoms with Crippen LogP contribution in [-0.4, -0.2) is 18.1 Å². The van der Waals surface area contributed by atoms with Crippen molar-refractivity contribution in [2.45, 2.75) is 39.8 Å². The van der Waals surface area contributed by atoms with Gasteiger partial charge in [-0.15, -0.1) is 0 Å². The van der Waals surface area contributed by atoms with E-state index >= 15 is 0 Å². The fourth-order valence-electron chi connectivity index (χ4n) is 0.427. The summed E-state index contributed by atoms with van der Waals surface area (Å²) in [6.07, 6.45) is -0.0477. The van der Waals surface area contributed by atoms with Crippen LogP contribution >= 0.6 is 0 Å². The molecule has 0 unspecified atom stereocenters. The van der Waals surface area contributed by atoms with Crippen molar-refractivity contribution in [2.24, 2.45) is 11.7 Å². The van der Waals surface area contributed by atoms with Crippen LogP contribution < -0.4 is 5.73 Å². The number of carbonyl (C=O) groups excluding carboxylic acids is 1. The van der Waals surface area contributed by atoms with Crippen molar-refractivity contribution >= 4 is 5.97 Å². The third kappa shape index (κ3) is 3.98. The van der Waals surface area contributed by atoms with Gasteiger partial charge >= 0.3 is 5.97 Å². The Morgan fingerprint density at radius 2 is 1.73 bits per heavy atom. The zero-order valence-electron chi connectivity index (χ0n) is 7.63. The maximum absolute atomic E-state index is 10.9. The molecular weight excluding hydrogens is 142 g/mol. The number of ether oxygens (including phenoxy) is 1. The molecule has 0 fully saturated rings. The first kappa shape index (κ1) is 10.4. The van der Waals surface area contributed by atoms with Crippen molar-refractivity contribution in [1.29, 1.82) is 0 Å². The van der Waals surface area contributed by atoms with E-state index in [2.05, 4.69) is 0 Å². The predicted octanol–water partition coefficient (Wildman–Crippen LogP) is 0.921. The van der Waals surface area contributed by atoms with E-state index in [4.69, 9.17) is 10.5 Å². The highest BCUT2D eigenvalue weighted by Gasteiger charge is 2.15. The standard InChI is InChI=1S/C8H17NO2/c1-5(2)7(4)11-8(10)6(3)9/h5-7H,9H2,1-4H3/t6-,7+/m0/s1. The summed E-state index contributed by atoms with van der Waals surface area (Å²) in [7, 11) is 0. The van der Waals surface area contributed by atoms with Crippen LogP contribution in [0.2, 0.25) is 0 Å². The average Bonchev–Trinajstić information content (AvgIpc) is 1.87. The van der Waals surface area contributed by atoms with Crippen LogP contribution in [0.3, 0.4) is 0 Å². The lowest BCUT2D eigenvalue weighted by molar-refractivity contribution is -0.151. The molecule has 11 heavy (non-hydrogen) atoms. The summed E-state index contributed by atoms with van der Waals surface area (Å²) in [6.45, 7) is 7.48. The molecule has 3 heteroatoms. The number of hydrogen-bond acceptors (Lipinski definition) is 3. The average molecular weight is 159 g/mol. The van der Waals surface area contributed by atoms with Gasteiger partial charge in [0, 0.05) is 0 Å². The first-order valence-electron chi connectivity index (χ1n) is 3.91. The van der Waals surface area contributed by atoms with Gasteiger partial charge in [0.25, 0.3) is 0 Å². The molecule has 0 aliphatic rings. The summed E-state index contributed by atoms with van der Waals surface area (Å²) in [5, 5.41) is 0. The molecule has 0 bridgehead atoms. The summed E-state index contributed by atoms with van der Waals surface area (Å²) in [5.74, 6) is 0.0175. The molecule has 0 amide bonds. The van der Waals surface area contributed by atoms with Gasteiger partial charge in [-0.25, -0.2) is 0 Å². The Morgan fingerprint density at radius 3 is 2.00 bits per heavy atom. The van der Waals surface area contributed by atoms with Gasteiger partial charge in [0.2, 0.25) is 0 Å². The van der Waals surface area contributed by atoms with E-state index in [1.807, 2.05) is 20.8 Å². The van der Waals surface area contributed by atoms with Gasteiger partial charge in [-0.05, 0) is 19.8 Å². The van der Waals surface area contributed by atoms with Crippen molar-refractivity contribution in [3.05, 3.63) is 0 Å². The molecule has 0 aliphatic carbocycles. The number of nitrogens with two attached hydrogens (primary N) is 1. The highest BCUT2D eigenvalue weighted by Crippen LogP contribution is 2.05. The van der Waals surface area contributed by atoms with E-state index in [9.17, 15) is 4.79 Å². The van der Waals surface area contributed by atoms with Crippen LogP contribution in [0.5, 0.6) is 0 Å². The number of esters is 1. The smallest absolute Gasteiger partial charge is 0.322 e. The zero-order chi connectivity index (χ0) is 9.02. The Kier molecular flexibility index (Phi) is 4.11. The van der Waals surface area contributed by atoms with Gasteiger partial charge in [-0.1, -0.05) is 13.8 Å². The molecule has 0 spiro atoms. The van der Waals surface area contributed by atoms with Crippen molar-refractivity contribution in [1.82, 2.24) is 0 Å². The van der Waals surface area contributed by atoms with Crippen LogP contribution in [0.15, 0.2) is 0 Å². The highest BCUT2D eigenvalue weighted by molar-refractivity contribution is 5.75. The Hall–Kier alpha value is -0.570. The van der Waals surface area contributed by atoms with E-state index < -0.39 is 6.04 Å². The first-order valence-corrected chi connectivity index (χ1v) is 3.91. The van der Waals surface area contributed by atoms with E-state index in [0.717, 1.165) is 0 Å². The van der Waals surface area contributed by atoms with E-state index in [0.29, 0.717) is 5.92 Å². The predicted molar refractivity (Wildman–Crippen MR) is 44.0 cm³/mol. The third-order valence-corrected chi connectivity index (χ3v) is 1.61. The van der Waals surface area contributed by atoms with Gasteiger partial charge in [0.15, 0.2) is 0 Å². The fourth-order valence-corrected chi connectivity index (χ4v) is 0.427. The molecule has 0 radical (unpaired) electrons. The summed E-state index contributed by atoms with van der Waals surface area (Å²) in [6, 6.07) is -0.517. The molecule has 0 aromatic heterocycles. The minimum absolute atomic E-state index is 0.0477. The number of carbonyl (C=O) groups is 1. The van der Waals surface area contributed by atoms with E-state index in [1.54, 1.807) is 6.92 Å². The van der Waals surface area contributed by atoms with Crippen LogP contribution in [0.25, 0.3) is 0 Å². The van der Waals surface area contributed by atoms with Crippen molar-refractivity contribution in [2.75, 3.05) is 0 Å². The van der Waals surface area contributed by atoms with Crippen LogP contribution in [-0.2, 0) is 9.53 Å². The minimum Gasteiger partial charge on any atom is -0.461 e. The van der Waals surface area contributed by atoms with E-state index in [-0.39, 0.29) is 12.1 Å². The lowest BCUT2D eigenvalue weighted by atomic mass is 10.1. The maximum atomic E-state index is 10.9. The molecule has 2 N–H and O–H groups in total. The van der Waals surface area contributed by atoms with Crippen LogP contribution in [0.4, 0.5) is 0 Å². The molecule has 0 aromatic carbocycles. The van der Waals surface area contributed by atoms with Gasteiger partial charge in [0.05, 0.1) is 0 Å². The molecule has 0 saturated heterocycles. The lowest BCUT2D eigenvalue weighted by Crippen LogP contribution is -2.32. The Labute approximate surface area is 67.9 Å². The SMILES string of the molecule is CC(C)[C@@H](C)OC(=O)[C@H](C)N. The summed E-state index contributed by atoms with van der Waals surface area (Å²) < 4.78 is 5.01. The molecule has 0 aromatic rings. The molecule has 66 valence electrons. The first-order chi connectivity index (χ1) is 4.95. The summed E-state index contributed by atoms with van der Waals surface area (Å²) in [4.78, 5) is 10.9. The topological polar surface area (TPSA) is 52.3 Å². The number of hydrogen-bond donors (Lipinski definition) is 1. The van der Waals surface area contributed by atoms with Crippen LogP contribution in [0.1, 0.15) is 27.7 Å². The zero-order valence-corrected chi connectivity index (χ0v) is 7.63. The highest BCUT2D eigenvalue weighted by atomic mass is 16.5. The Morgan fingerprint density at radius 1 is 1.27 bits per heavy atom. The molecule has 0 saturated carbocycles. The lowest BCUT2D eigenvalue weighted by Gasteiger charge is -2.17. The molecule has 0 rings (SSSR count). The van der Waals surface area contributed by atoms with Crippen molar-refractivity contribution < 1.29 is 9.53 Å². The second kappa shape index (κ2) is 4.34. The van der Waals surface area contributed by atoms with Crippen LogP contribution in [0, 0.1) is 5.92 Å². The third-order valence-electron chi connectivity index (χ3n) is 1.61. The molecule has 0 heterocycles. The van der Waals surface area contributed by atoms with E-state index in [1.165, 1.54) is 0 Å². The Bertz CT molecular complexity index is 132. The van der Waals surface area contributed by atoms with Gasteiger partial charge in [-0.2, -0.15) is 0 Å².